The van der Waals surface area contributed by atoms with E-state index in [2.05, 4.69) is 28.1 Å². The third-order valence-electron chi connectivity index (χ3n) is 2.15. The van der Waals surface area contributed by atoms with Crippen molar-refractivity contribution in [3.8, 4) is 12.3 Å². The molecule has 0 radical (unpaired) electrons. The molecule has 0 aliphatic rings. The van der Waals surface area contributed by atoms with Crippen molar-refractivity contribution in [3.63, 3.8) is 0 Å². The van der Waals surface area contributed by atoms with Gasteiger partial charge in [-0.1, -0.05) is 31.4 Å². The van der Waals surface area contributed by atoms with Crippen LogP contribution < -0.4 is 5.32 Å². The Morgan fingerprint density at radius 2 is 2.25 bits per heavy atom. The van der Waals surface area contributed by atoms with Crippen molar-refractivity contribution in [1.29, 1.82) is 0 Å². The first kappa shape index (κ1) is 12.8. The molecule has 0 aliphatic carbocycles. The minimum absolute atomic E-state index is 0.0135. The summed E-state index contributed by atoms with van der Waals surface area (Å²) in [6, 6.07) is 1.68. The minimum atomic E-state index is -0.0135. The molecule has 1 rings (SSSR count). The zero-order valence-electron chi connectivity index (χ0n) is 9.63. The summed E-state index contributed by atoms with van der Waals surface area (Å²) in [6.45, 7) is 4.10. The van der Waals surface area contributed by atoms with Crippen LogP contribution in [0.4, 0.5) is 5.82 Å². The highest BCUT2D eigenvalue weighted by atomic mass is 35.5. The Hall–Kier alpha value is -1.27. The van der Waals surface area contributed by atoms with Crippen LogP contribution in [0, 0.1) is 12.3 Å². The Labute approximate surface area is 102 Å². The van der Waals surface area contributed by atoms with Gasteiger partial charge in [-0.15, -0.1) is 6.42 Å². The number of nitrogens with one attached hydrogen (secondary N) is 1. The molecule has 0 amide bonds. The smallest absolute Gasteiger partial charge is 0.134 e. The highest BCUT2D eigenvalue weighted by Gasteiger charge is 2.06. The summed E-state index contributed by atoms with van der Waals surface area (Å²) < 4.78 is 0. The van der Waals surface area contributed by atoms with Crippen molar-refractivity contribution in [3.05, 3.63) is 17.0 Å². The standard InChI is InChI=1S/C12H16ClN3/c1-4-7-11-15-10(13)8-12(16-11)14-9(5-2)6-3/h2,8-9H,4,6-7H2,1,3H3,(H,14,15,16). The summed E-state index contributed by atoms with van der Waals surface area (Å²) in [5, 5.41) is 3.60. The lowest BCUT2D eigenvalue weighted by atomic mass is 10.2. The van der Waals surface area contributed by atoms with E-state index in [0.29, 0.717) is 11.0 Å². The van der Waals surface area contributed by atoms with Crippen LogP contribution in [0.5, 0.6) is 0 Å². The highest BCUT2D eigenvalue weighted by molar-refractivity contribution is 6.29. The Morgan fingerprint density at radius 3 is 2.81 bits per heavy atom. The molecule has 3 nitrogen and oxygen atoms in total. The van der Waals surface area contributed by atoms with E-state index in [1.807, 2.05) is 6.92 Å². The maximum Gasteiger partial charge on any atom is 0.134 e. The number of terminal acetylenes is 1. The maximum absolute atomic E-state index is 5.91. The Kier molecular flexibility index (Phi) is 5.07. The molecular formula is C12H16ClN3. The summed E-state index contributed by atoms with van der Waals surface area (Å²) in [5.74, 6) is 4.11. The minimum Gasteiger partial charge on any atom is -0.356 e. The SMILES string of the molecule is C#CC(CC)Nc1cc(Cl)nc(CCC)n1. The first-order valence-corrected chi connectivity index (χ1v) is 5.83. The molecule has 86 valence electrons. The molecule has 0 aliphatic heterocycles. The van der Waals surface area contributed by atoms with E-state index < -0.39 is 0 Å². The largest absolute Gasteiger partial charge is 0.356 e. The second-order valence-electron chi connectivity index (χ2n) is 3.51. The third-order valence-corrected chi connectivity index (χ3v) is 2.34. The number of rotatable bonds is 5. The molecule has 0 saturated heterocycles. The molecule has 0 spiro atoms. The van der Waals surface area contributed by atoms with Crippen molar-refractivity contribution in [2.45, 2.75) is 39.2 Å². The van der Waals surface area contributed by atoms with Crippen molar-refractivity contribution in [2.75, 3.05) is 5.32 Å². The molecule has 1 unspecified atom stereocenters. The molecule has 0 bridgehead atoms. The van der Waals surface area contributed by atoms with E-state index in [1.54, 1.807) is 6.07 Å². The topological polar surface area (TPSA) is 37.8 Å². The van der Waals surface area contributed by atoms with E-state index in [1.165, 1.54) is 0 Å². The van der Waals surface area contributed by atoms with Crippen LogP contribution in [0.1, 0.15) is 32.5 Å². The van der Waals surface area contributed by atoms with E-state index in [-0.39, 0.29) is 6.04 Å². The summed E-state index contributed by atoms with van der Waals surface area (Å²) in [7, 11) is 0. The fourth-order valence-corrected chi connectivity index (χ4v) is 1.52. The van der Waals surface area contributed by atoms with Crippen LogP contribution >= 0.6 is 11.6 Å². The van der Waals surface area contributed by atoms with Crippen molar-refractivity contribution in [1.82, 2.24) is 9.97 Å². The molecule has 1 N–H and O–H groups in total. The van der Waals surface area contributed by atoms with E-state index in [0.717, 1.165) is 25.1 Å². The van der Waals surface area contributed by atoms with Gasteiger partial charge in [0, 0.05) is 12.5 Å². The molecule has 1 atom stereocenters. The number of hydrogen-bond acceptors (Lipinski definition) is 3. The van der Waals surface area contributed by atoms with Crippen LogP contribution in [0.2, 0.25) is 5.15 Å². The number of hydrogen-bond donors (Lipinski definition) is 1. The lowest BCUT2D eigenvalue weighted by molar-refractivity contribution is 0.815. The van der Waals surface area contributed by atoms with Crippen molar-refractivity contribution < 1.29 is 0 Å². The van der Waals surface area contributed by atoms with Gasteiger partial charge in [-0.25, -0.2) is 9.97 Å². The Balaban J connectivity index is 2.84. The lowest BCUT2D eigenvalue weighted by Gasteiger charge is -2.12. The second-order valence-corrected chi connectivity index (χ2v) is 3.90. The van der Waals surface area contributed by atoms with Gasteiger partial charge in [-0.2, -0.15) is 0 Å². The highest BCUT2D eigenvalue weighted by Crippen LogP contribution is 2.14. The summed E-state index contributed by atoms with van der Waals surface area (Å²) in [4.78, 5) is 8.50. The zero-order chi connectivity index (χ0) is 12.0. The molecule has 1 aromatic heterocycles. The molecule has 0 aromatic carbocycles. The quantitative estimate of drug-likeness (QED) is 0.632. The van der Waals surface area contributed by atoms with Gasteiger partial charge in [0.15, 0.2) is 0 Å². The first-order chi connectivity index (χ1) is 7.69. The molecular weight excluding hydrogens is 222 g/mol. The van der Waals surface area contributed by atoms with Crippen molar-refractivity contribution in [2.24, 2.45) is 0 Å². The molecule has 1 aromatic rings. The first-order valence-electron chi connectivity index (χ1n) is 5.45. The van der Waals surface area contributed by atoms with E-state index in [9.17, 15) is 0 Å². The van der Waals surface area contributed by atoms with Crippen LogP contribution in [0.25, 0.3) is 0 Å². The van der Waals surface area contributed by atoms with Crippen LogP contribution in [0.15, 0.2) is 6.07 Å². The number of nitrogens with zero attached hydrogens (tertiary/aromatic N) is 2. The second kappa shape index (κ2) is 6.34. The van der Waals surface area contributed by atoms with Gasteiger partial charge in [-0.3, -0.25) is 0 Å². The van der Waals surface area contributed by atoms with Crippen LogP contribution in [-0.4, -0.2) is 16.0 Å². The molecule has 4 heteroatoms. The summed E-state index contributed by atoms with van der Waals surface area (Å²) in [6.07, 6.45) is 8.04. The van der Waals surface area contributed by atoms with Gasteiger partial charge in [0.05, 0.1) is 6.04 Å². The average Bonchev–Trinajstić information content (AvgIpc) is 2.25. The van der Waals surface area contributed by atoms with Gasteiger partial charge in [0.1, 0.15) is 16.8 Å². The van der Waals surface area contributed by atoms with Gasteiger partial charge < -0.3 is 5.32 Å². The summed E-state index contributed by atoms with van der Waals surface area (Å²) in [5.41, 5.74) is 0. The van der Waals surface area contributed by atoms with Gasteiger partial charge in [-0.05, 0) is 12.8 Å². The molecule has 0 fully saturated rings. The molecule has 16 heavy (non-hydrogen) atoms. The van der Waals surface area contributed by atoms with Gasteiger partial charge in [0.25, 0.3) is 0 Å². The Morgan fingerprint density at radius 1 is 1.50 bits per heavy atom. The number of anilines is 1. The van der Waals surface area contributed by atoms with Crippen LogP contribution in [0.3, 0.4) is 0 Å². The predicted molar refractivity (Wildman–Crippen MR) is 67.6 cm³/mol. The fourth-order valence-electron chi connectivity index (χ4n) is 1.31. The maximum atomic E-state index is 5.91. The average molecular weight is 238 g/mol. The fraction of sp³-hybridized carbons (Fsp3) is 0.500. The monoisotopic (exact) mass is 237 g/mol. The number of aromatic nitrogens is 2. The third kappa shape index (κ3) is 3.71. The van der Waals surface area contributed by atoms with E-state index >= 15 is 0 Å². The van der Waals surface area contributed by atoms with Gasteiger partial charge in [0.2, 0.25) is 0 Å². The predicted octanol–water partition coefficient (Wildman–Crippen LogP) is 2.91. The van der Waals surface area contributed by atoms with Crippen molar-refractivity contribution >= 4 is 17.4 Å². The normalized spacial score (nSPS) is 11.9. The number of aryl methyl sites for hydroxylation is 1. The van der Waals surface area contributed by atoms with Crippen LogP contribution in [-0.2, 0) is 6.42 Å². The molecule has 0 saturated carbocycles. The number of halogens is 1. The molecule has 1 heterocycles. The van der Waals surface area contributed by atoms with Gasteiger partial charge >= 0.3 is 0 Å². The van der Waals surface area contributed by atoms with E-state index in [4.69, 9.17) is 18.0 Å². The zero-order valence-corrected chi connectivity index (χ0v) is 10.4. The summed E-state index contributed by atoms with van der Waals surface area (Å²) >= 11 is 5.91. The lowest BCUT2D eigenvalue weighted by Crippen LogP contribution is -2.17. The Bertz CT molecular complexity index is 384.